The van der Waals surface area contributed by atoms with Crippen LogP contribution in [0.5, 0.6) is 0 Å². The van der Waals surface area contributed by atoms with E-state index in [1.165, 1.54) is 12.1 Å². The molecule has 0 aliphatic rings. The zero-order chi connectivity index (χ0) is 17.9. The van der Waals surface area contributed by atoms with Crippen LogP contribution in [0.1, 0.15) is 5.56 Å². The van der Waals surface area contributed by atoms with Crippen molar-refractivity contribution in [3.63, 3.8) is 0 Å². The van der Waals surface area contributed by atoms with E-state index >= 15 is 0 Å². The number of rotatable bonds is 6. The molecule has 2 heterocycles. The molecule has 3 rings (SSSR count). The second-order valence-electron chi connectivity index (χ2n) is 5.34. The molecule has 0 radical (unpaired) electrons. The maximum Gasteiger partial charge on any atom is 0.240 e. The Morgan fingerprint density at radius 3 is 2.76 bits per heavy atom. The summed E-state index contributed by atoms with van der Waals surface area (Å²) in [6.07, 6.45) is 8.07. The van der Waals surface area contributed by atoms with E-state index in [9.17, 15) is 12.8 Å². The summed E-state index contributed by atoms with van der Waals surface area (Å²) in [5, 5.41) is 0. The van der Waals surface area contributed by atoms with Crippen molar-refractivity contribution in [1.82, 2.24) is 24.2 Å². The number of benzene rings is 1. The Balaban J connectivity index is 1.70. The average Bonchev–Trinajstić information content (AvgIpc) is 3.03. The van der Waals surface area contributed by atoms with Gasteiger partial charge in [-0.15, -0.1) is 0 Å². The maximum atomic E-state index is 13.1. The molecule has 0 unspecified atom stereocenters. The van der Waals surface area contributed by atoms with Crippen molar-refractivity contribution in [2.24, 2.45) is 0 Å². The first-order valence-corrected chi connectivity index (χ1v) is 8.99. The predicted octanol–water partition coefficient (Wildman–Crippen LogP) is 1.77. The van der Waals surface area contributed by atoms with Crippen LogP contribution in [0, 0.1) is 12.7 Å². The summed E-state index contributed by atoms with van der Waals surface area (Å²) in [5.74, 6) is 0.133. The second-order valence-corrected chi connectivity index (χ2v) is 7.08. The van der Waals surface area contributed by atoms with E-state index in [0.29, 0.717) is 23.6 Å². The molecule has 0 aliphatic heterocycles. The van der Waals surface area contributed by atoms with E-state index in [1.807, 2.05) is 0 Å². The molecular weight excluding hydrogens is 345 g/mol. The van der Waals surface area contributed by atoms with Crippen LogP contribution in [-0.2, 0) is 16.6 Å². The Bertz CT molecular complexity index is 973. The summed E-state index contributed by atoms with van der Waals surface area (Å²) in [7, 11) is -3.72. The Morgan fingerprint density at radius 1 is 1.20 bits per heavy atom. The fourth-order valence-corrected chi connectivity index (χ4v) is 3.68. The number of imidazole rings is 1. The zero-order valence-corrected chi connectivity index (χ0v) is 14.2. The SMILES string of the molecule is Cc1cc(F)ccc1S(=O)(=O)NCCn1ccnc1-c1cnccn1. The highest BCUT2D eigenvalue weighted by molar-refractivity contribution is 7.89. The quantitative estimate of drug-likeness (QED) is 0.723. The molecule has 0 aliphatic carbocycles. The van der Waals surface area contributed by atoms with Crippen LogP contribution in [-0.4, -0.2) is 34.5 Å². The monoisotopic (exact) mass is 361 g/mol. The largest absolute Gasteiger partial charge is 0.328 e. The lowest BCUT2D eigenvalue weighted by Crippen LogP contribution is -2.28. The first-order chi connectivity index (χ1) is 12.0. The van der Waals surface area contributed by atoms with Crippen molar-refractivity contribution in [3.05, 3.63) is 60.6 Å². The van der Waals surface area contributed by atoms with E-state index in [2.05, 4.69) is 19.7 Å². The number of nitrogens with one attached hydrogen (secondary N) is 1. The molecule has 1 N–H and O–H groups in total. The molecule has 0 saturated carbocycles. The number of sulfonamides is 1. The minimum atomic E-state index is -3.72. The van der Waals surface area contributed by atoms with Crippen molar-refractivity contribution in [1.29, 1.82) is 0 Å². The Kier molecular flexibility index (Phi) is 4.86. The van der Waals surface area contributed by atoms with Crippen molar-refractivity contribution < 1.29 is 12.8 Å². The maximum absolute atomic E-state index is 13.1. The van der Waals surface area contributed by atoms with Gasteiger partial charge in [0.15, 0.2) is 5.82 Å². The van der Waals surface area contributed by atoms with Gasteiger partial charge in [0.25, 0.3) is 0 Å². The molecule has 7 nitrogen and oxygen atoms in total. The first-order valence-electron chi connectivity index (χ1n) is 7.51. The van der Waals surface area contributed by atoms with Gasteiger partial charge in [0.05, 0.1) is 11.1 Å². The molecule has 0 spiro atoms. The third-order valence-electron chi connectivity index (χ3n) is 3.58. The summed E-state index contributed by atoms with van der Waals surface area (Å²) in [6, 6.07) is 3.58. The molecule has 1 aromatic carbocycles. The van der Waals surface area contributed by atoms with Crippen LogP contribution in [0.15, 0.2) is 54.1 Å². The summed E-state index contributed by atoms with van der Waals surface area (Å²) in [4.78, 5) is 12.5. The number of aromatic nitrogens is 4. The highest BCUT2D eigenvalue weighted by atomic mass is 32.2. The van der Waals surface area contributed by atoms with Crippen LogP contribution in [0.3, 0.4) is 0 Å². The molecule has 0 saturated heterocycles. The van der Waals surface area contributed by atoms with Crippen LogP contribution in [0.4, 0.5) is 4.39 Å². The normalized spacial score (nSPS) is 11.6. The Morgan fingerprint density at radius 2 is 2.04 bits per heavy atom. The number of nitrogens with zero attached hydrogens (tertiary/aromatic N) is 4. The van der Waals surface area contributed by atoms with Crippen molar-refractivity contribution in [2.45, 2.75) is 18.4 Å². The van der Waals surface area contributed by atoms with Crippen molar-refractivity contribution in [2.75, 3.05) is 6.54 Å². The number of hydrogen-bond donors (Lipinski definition) is 1. The summed E-state index contributed by atoms with van der Waals surface area (Å²) >= 11 is 0. The van der Waals surface area contributed by atoms with Crippen LogP contribution in [0.2, 0.25) is 0 Å². The number of hydrogen-bond acceptors (Lipinski definition) is 5. The van der Waals surface area contributed by atoms with Gasteiger partial charge in [0.2, 0.25) is 10.0 Å². The standard InChI is InChI=1S/C16H16FN5O2S/c1-12-10-13(17)2-3-15(12)25(23,24)21-7-9-22-8-6-20-16(22)14-11-18-4-5-19-14/h2-6,8,10-11,21H,7,9H2,1H3. The lowest BCUT2D eigenvalue weighted by molar-refractivity contribution is 0.571. The van der Waals surface area contributed by atoms with Gasteiger partial charge in [-0.3, -0.25) is 4.98 Å². The van der Waals surface area contributed by atoms with E-state index in [4.69, 9.17) is 0 Å². The van der Waals surface area contributed by atoms with Crippen LogP contribution in [0.25, 0.3) is 11.5 Å². The van der Waals surface area contributed by atoms with E-state index < -0.39 is 15.8 Å². The molecule has 9 heteroatoms. The van der Waals surface area contributed by atoms with Gasteiger partial charge < -0.3 is 4.57 Å². The van der Waals surface area contributed by atoms with Crippen LogP contribution < -0.4 is 4.72 Å². The second kappa shape index (κ2) is 7.08. The zero-order valence-electron chi connectivity index (χ0n) is 13.4. The highest BCUT2D eigenvalue weighted by Crippen LogP contribution is 2.16. The van der Waals surface area contributed by atoms with Crippen molar-refractivity contribution >= 4 is 10.0 Å². The lowest BCUT2D eigenvalue weighted by atomic mass is 10.2. The predicted molar refractivity (Wildman–Crippen MR) is 89.6 cm³/mol. The molecule has 0 bridgehead atoms. The smallest absolute Gasteiger partial charge is 0.240 e. The van der Waals surface area contributed by atoms with E-state index in [1.54, 1.807) is 42.5 Å². The lowest BCUT2D eigenvalue weighted by Gasteiger charge is -2.11. The molecule has 130 valence electrons. The van der Waals surface area contributed by atoms with Gasteiger partial charge in [0, 0.05) is 37.9 Å². The first kappa shape index (κ1) is 17.2. The summed E-state index contributed by atoms with van der Waals surface area (Å²) in [6.45, 7) is 2.08. The Hall–Kier alpha value is -2.65. The van der Waals surface area contributed by atoms with Gasteiger partial charge >= 0.3 is 0 Å². The molecular formula is C16H16FN5O2S. The van der Waals surface area contributed by atoms with Gasteiger partial charge in [-0.2, -0.15) is 0 Å². The fraction of sp³-hybridized carbons (Fsp3) is 0.188. The molecule has 0 fully saturated rings. The number of halogens is 1. The Labute approximate surface area is 144 Å². The summed E-state index contributed by atoms with van der Waals surface area (Å²) < 4.78 is 42.2. The van der Waals surface area contributed by atoms with E-state index in [0.717, 1.165) is 6.07 Å². The third-order valence-corrected chi connectivity index (χ3v) is 5.20. The summed E-state index contributed by atoms with van der Waals surface area (Å²) in [5.41, 5.74) is 0.958. The topological polar surface area (TPSA) is 89.8 Å². The van der Waals surface area contributed by atoms with Crippen molar-refractivity contribution in [3.8, 4) is 11.5 Å². The number of aryl methyl sites for hydroxylation is 1. The van der Waals surface area contributed by atoms with Crippen LogP contribution >= 0.6 is 0 Å². The third kappa shape index (κ3) is 3.89. The highest BCUT2D eigenvalue weighted by Gasteiger charge is 2.17. The molecule has 0 atom stereocenters. The fourth-order valence-electron chi connectivity index (χ4n) is 2.43. The minimum Gasteiger partial charge on any atom is -0.328 e. The van der Waals surface area contributed by atoms with Gasteiger partial charge in [0.1, 0.15) is 11.5 Å². The molecule has 0 amide bonds. The minimum absolute atomic E-state index is 0.0636. The average molecular weight is 361 g/mol. The molecule has 3 aromatic rings. The van der Waals surface area contributed by atoms with Gasteiger partial charge in [-0.05, 0) is 30.7 Å². The van der Waals surface area contributed by atoms with Gasteiger partial charge in [-0.1, -0.05) is 0 Å². The molecule has 25 heavy (non-hydrogen) atoms. The molecule has 2 aromatic heterocycles. The van der Waals surface area contributed by atoms with E-state index in [-0.39, 0.29) is 11.4 Å². The van der Waals surface area contributed by atoms with Gasteiger partial charge in [-0.25, -0.2) is 27.5 Å².